The number of hydrogen-bond donors (Lipinski definition) is 2. The van der Waals surface area contributed by atoms with Crippen LogP contribution in [0, 0.1) is 0 Å². The Hall–Kier alpha value is -3.26. The van der Waals surface area contributed by atoms with E-state index in [1.54, 1.807) is 61.0 Å². The number of aromatic nitrogens is 1. The van der Waals surface area contributed by atoms with Gasteiger partial charge < -0.3 is 10.1 Å². The van der Waals surface area contributed by atoms with Gasteiger partial charge in [0.1, 0.15) is 0 Å². The zero-order valence-electron chi connectivity index (χ0n) is 14.5. The van der Waals surface area contributed by atoms with E-state index in [0.29, 0.717) is 17.7 Å². The van der Waals surface area contributed by atoms with E-state index < -0.39 is 24.0 Å². The lowest BCUT2D eigenvalue weighted by Gasteiger charge is -2.17. The molecular weight excluding hydrogens is 366 g/mol. The zero-order valence-corrected chi connectivity index (χ0v) is 15.3. The van der Waals surface area contributed by atoms with Crippen LogP contribution in [0.25, 0.3) is 10.2 Å². The Bertz CT molecular complexity index is 971. The number of fused-ring (bicyclic) bond motifs is 1. The monoisotopic (exact) mass is 383 g/mol. The Morgan fingerprint density at radius 3 is 2.67 bits per heavy atom. The van der Waals surface area contributed by atoms with Crippen LogP contribution in [0.3, 0.4) is 0 Å². The molecule has 0 spiro atoms. The molecule has 0 fully saturated rings. The molecule has 0 aliphatic rings. The van der Waals surface area contributed by atoms with E-state index in [-0.39, 0.29) is 0 Å². The molecule has 0 saturated heterocycles. The van der Waals surface area contributed by atoms with Crippen molar-refractivity contribution in [3.8, 4) is 0 Å². The molecule has 2 aromatic carbocycles. The van der Waals surface area contributed by atoms with Gasteiger partial charge in [0, 0.05) is 12.1 Å². The summed E-state index contributed by atoms with van der Waals surface area (Å²) < 4.78 is 6.28. The molecule has 0 saturated carbocycles. The van der Waals surface area contributed by atoms with Crippen molar-refractivity contribution in [3.63, 3.8) is 0 Å². The molecule has 3 aromatic rings. The Labute approximate surface area is 159 Å². The van der Waals surface area contributed by atoms with Crippen LogP contribution in [0.15, 0.2) is 54.0 Å². The molecule has 27 heavy (non-hydrogen) atoms. The van der Waals surface area contributed by atoms with Gasteiger partial charge in [0.15, 0.2) is 0 Å². The minimum Gasteiger partial charge on any atom is -0.444 e. The third kappa shape index (κ3) is 4.48. The summed E-state index contributed by atoms with van der Waals surface area (Å²) in [5.74, 6) is -1.38. The van der Waals surface area contributed by atoms with Gasteiger partial charge in [0.25, 0.3) is 5.91 Å². The van der Waals surface area contributed by atoms with Gasteiger partial charge in [0.05, 0.1) is 21.3 Å². The van der Waals surface area contributed by atoms with Crippen LogP contribution in [-0.4, -0.2) is 29.4 Å². The number of hydrogen-bond acceptors (Lipinski definition) is 6. The maximum Gasteiger partial charge on any atom is 0.339 e. The highest BCUT2D eigenvalue weighted by atomic mass is 32.1. The number of amides is 3. The molecule has 1 atom stereocenters. The third-order valence-electron chi connectivity index (χ3n) is 3.71. The van der Waals surface area contributed by atoms with E-state index in [0.717, 1.165) is 10.2 Å². The Morgan fingerprint density at radius 2 is 1.93 bits per heavy atom. The lowest BCUT2D eigenvalue weighted by atomic mass is 10.1. The highest BCUT2D eigenvalue weighted by molar-refractivity contribution is 7.16. The third-order valence-corrected chi connectivity index (χ3v) is 4.50. The second-order valence-corrected chi connectivity index (χ2v) is 6.47. The fourth-order valence-electron chi connectivity index (χ4n) is 2.44. The molecule has 0 aliphatic heterocycles. The topological polar surface area (TPSA) is 97.4 Å². The number of urea groups is 1. The Balaban J connectivity index is 1.82. The number of nitrogens with one attached hydrogen (secondary N) is 2. The molecule has 8 heteroatoms. The summed E-state index contributed by atoms with van der Waals surface area (Å²) in [6.07, 6.45) is -1.25. The summed E-state index contributed by atoms with van der Waals surface area (Å²) in [7, 11) is 0. The van der Waals surface area contributed by atoms with Gasteiger partial charge >= 0.3 is 12.0 Å². The second kappa shape index (κ2) is 8.41. The largest absolute Gasteiger partial charge is 0.444 e. The minimum absolute atomic E-state index is 0.304. The van der Waals surface area contributed by atoms with Crippen molar-refractivity contribution in [1.29, 1.82) is 0 Å². The molecule has 0 bridgehead atoms. The first-order chi connectivity index (χ1) is 13.1. The van der Waals surface area contributed by atoms with Crippen molar-refractivity contribution < 1.29 is 19.1 Å². The highest BCUT2D eigenvalue weighted by Gasteiger charge is 2.27. The number of ether oxygens (including phenoxy) is 1. The Kier molecular flexibility index (Phi) is 5.77. The molecule has 1 heterocycles. The maximum atomic E-state index is 12.6. The molecule has 0 aliphatic carbocycles. The van der Waals surface area contributed by atoms with Crippen molar-refractivity contribution >= 4 is 39.5 Å². The predicted molar refractivity (Wildman–Crippen MR) is 101 cm³/mol. The van der Waals surface area contributed by atoms with Crippen LogP contribution in [0.2, 0.25) is 0 Å². The first-order valence-electron chi connectivity index (χ1n) is 8.26. The first kappa shape index (κ1) is 18.5. The molecule has 3 amide bonds. The average molecular weight is 383 g/mol. The number of rotatable bonds is 5. The maximum absolute atomic E-state index is 12.6. The summed E-state index contributed by atoms with van der Waals surface area (Å²) in [4.78, 5) is 40.9. The first-order valence-corrected chi connectivity index (χ1v) is 9.14. The van der Waals surface area contributed by atoms with Crippen LogP contribution in [0.4, 0.5) is 4.79 Å². The van der Waals surface area contributed by atoms with Crippen LogP contribution >= 0.6 is 11.3 Å². The fourth-order valence-corrected chi connectivity index (χ4v) is 3.16. The van der Waals surface area contributed by atoms with Gasteiger partial charge in [-0.05, 0) is 25.1 Å². The van der Waals surface area contributed by atoms with Gasteiger partial charge in [-0.2, -0.15) is 0 Å². The van der Waals surface area contributed by atoms with E-state index in [4.69, 9.17) is 4.74 Å². The second-order valence-electron chi connectivity index (χ2n) is 5.58. The van der Waals surface area contributed by atoms with Crippen LogP contribution < -0.4 is 10.6 Å². The van der Waals surface area contributed by atoms with E-state index in [1.165, 1.54) is 11.3 Å². The van der Waals surface area contributed by atoms with Crippen molar-refractivity contribution in [2.24, 2.45) is 0 Å². The van der Waals surface area contributed by atoms with Crippen molar-refractivity contribution in [2.45, 2.75) is 13.0 Å². The number of nitrogens with zero attached hydrogens (tertiary/aromatic N) is 1. The van der Waals surface area contributed by atoms with Gasteiger partial charge in [-0.3, -0.25) is 10.1 Å². The smallest absolute Gasteiger partial charge is 0.339 e. The van der Waals surface area contributed by atoms with Crippen molar-refractivity contribution in [2.75, 3.05) is 6.54 Å². The van der Waals surface area contributed by atoms with Gasteiger partial charge in [-0.1, -0.05) is 30.3 Å². The average Bonchev–Trinajstić information content (AvgIpc) is 3.14. The molecule has 3 rings (SSSR count). The molecule has 2 N–H and O–H groups in total. The molecule has 1 aromatic heterocycles. The number of thiazole rings is 1. The number of carbonyl (C=O) groups is 3. The van der Waals surface area contributed by atoms with Crippen LogP contribution in [-0.2, 0) is 9.53 Å². The number of imide groups is 1. The summed E-state index contributed by atoms with van der Waals surface area (Å²) in [6, 6.07) is 12.9. The summed E-state index contributed by atoms with van der Waals surface area (Å²) in [6.45, 7) is 2.10. The number of esters is 1. The SMILES string of the molecule is CCNC(=O)NC(=O)[C@@H](OC(=O)c1ccc2ncsc2c1)c1ccccc1. The molecular formula is C19H17N3O4S. The van der Waals surface area contributed by atoms with E-state index in [1.807, 2.05) is 0 Å². The number of benzene rings is 2. The predicted octanol–water partition coefficient (Wildman–Crippen LogP) is 3.04. The van der Waals surface area contributed by atoms with Crippen LogP contribution in [0.1, 0.15) is 28.9 Å². The van der Waals surface area contributed by atoms with E-state index in [9.17, 15) is 14.4 Å². The van der Waals surface area contributed by atoms with Gasteiger partial charge in [-0.25, -0.2) is 14.6 Å². The Morgan fingerprint density at radius 1 is 1.15 bits per heavy atom. The summed E-state index contributed by atoms with van der Waals surface area (Å²) >= 11 is 1.40. The van der Waals surface area contributed by atoms with Gasteiger partial charge in [0.2, 0.25) is 6.10 Å². The van der Waals surface area contributed by atoms with Gasteiger partial charge in [-0.15, -0.1) is 11.3 Å². The van der Waals surface area contributed by atoms with Crippen LogP contribution in [0.5, 0.6) is 0 Å². The zero-order chi connectivity index (χ0) is 19.2. The summed E-state index contributed by atoms with van der Waals surface area (Å²) in [5.41, 5.74) is 3.24. The van der Waals surface area contributed by atoms with E-state index >= 15 is 0 Å². The van der Waals surface area contributed by atoms with E-state index in [2.05, 4.69) is 15.6 Å². The quantitative estimate of drug-likeness (QED) is 0.660. The lowest BCUT2D eigenvalue weighted by molar-refractivity contribution is -0.129. The highest BCUT2D eigenvalue weighted by Crippen LogP contribution is 2.23. The molecule has 0 radical (unpaired) electrons. The lowest BCUT2D eigenvalue weighted by Crippen LogP contribution is -2.42. The molecule has 7 nitrogen and oxygen atoms in total. The standard InChI is InChI=1S/C19H17N3O4S/c1-2-20-19(25)22-17(23)16(12-6-4-3-5-7-12)26-18(24)13-8-9-14-15(10-13)27-11-21-14/h3-11,16H,2H2,1H3,(H2,20,22,23,25)/t16-/m0/s1. The molecule has 0 unspecified atom stereocenters. The minimum atomic E-state index is -1.25. The van der Waals surface area contributed by atoms with Crippen molar-refractivity contribution in [3.05, 3.63) is 65.2 Å². The normalized spacial score (nSPS) is 11.6. The summed E-state index contributed by atoms with van der Waals surface area (Å²) in [5, 5.41) is 4.66. The fraction of sp³-hybridized carbons (Fsp3) is 0.158. The molecule has 138 valence electrons. The number of carbonyl (C=O) groups excluding carboxylic acids is 3. The van der Waals surface area contributed by atoms with Crippen molar-refractivity contribution in [1.82, 2.24) is 15.6 Å².